The molecule has 0 saturated heterocycles. The molecule has 3 heteroatoms. The first kappa shape index (κ1) is 9.10. The quantitative estimate of drug-likeness (QED) is 0.603. The summed E-state index contributed by atoms with van der Waals surface area (Å²) in [5.41, 5.74) is -0.211. The normalized spacial score (nSPS) is 10.3. The fourth-order valence-electron chi connectivity index (χ4n) is 0.960. The first-order valence-corrected chi connectivity index (χ1v) is 3.57. The van der Waals surface area contributed by atoms with E-state index in [0.29, 0.717) is 0 Å². The molecule has 1 aromatic rings. The molecular formula is C9H8F3. The molecule has 0 N–H and O–H groups in total. The van der Waals surface area contributed by atoms with E-state index in [4.69, 9.17) is 0 Å². The van der Waals surface area contributed by atoms with Crippen LogP contribution in [0.25, 0.3) is 0 Å². The summed E-state index contributed by atoms with van der Waals surface area (Å²) in [6, 6.07) is 1.71. The van der Waals surface area contributed by atoms with Crippen molar-refractivity contribution >= 4 is 0 Å². The number of halogens is 3. The van der Waals surface area contributed by atoms with Crippen LogP contribution in [-0.4, -0.2) is 0 Å². The minimum absolute atomic E-state index is 0.107. The van der Waals surface area contributed by atoms with Gasteiger partial charge in [0.05, 0.1) is 0 Å². The molecule has 0 aliphatic carbocycles. The lowest BCUT2D eigenvalue weighted by molar-refractivity contribution is 0.482. The SMILES string of the molecule is C[CH]Cc1c(F)ccc(F)c1F. The fraction of sp³-hybridized carbons (Fsp3) is 0.222. The molecule has 0 aliphatic rings. The summed E-state index contributed by atoms with van der Waals surface area (Å²) in [7, 11) is 0. The monoisotopic (exact) mass is 173 g/mol. The number of rotatable bonds is 2. The maximum absolute atomic E-state index is 12.8. The van der Waals surface area contributed by atoms with Crippen LogP contribution in [0.2, 0.25) is 0 Å². The predicted molar refractivity (Wildman–Crippen MR) is 40.0 cm³/mol. The Kier molecular flexibility index (Phi) is 2.74. The van der Waals surface area contributed by atoms with Gasteiger partial charge in [0.2, 0.25) is 0 Å². The second kappa shape index (κ2) is 3.61. The lowest BCUT2D eigenvalue weighted by atomic mass is 10.1. The van der Waals surface area contributed by atoms with Crippen LogP contribution in [0.1, 0.15) is 12.5 Å². The third-order valence-electron chi connectivity index (χ3n) is 1.55. The van der Waals surface area contributed by atoms with E-state index in [1.54, 1.807) is 13.3 Å². The average Bonchev–Trinajstić information content (AvgIpc) is 2.06. The molecule has 0 fully saturated rings. The van der Waals surface area contributed by atoms with E-state index < -0.39 is 17.5 Å². The van der Waals surface area contributed by atoms with Crippen molar-refractivity contribution in [3.05, 3.63) is 41.6 Å². The van der Waals surface area contributed by atoms with Gasteiger partial charge in [-0.2, -0.15) is 0 Å². The van der Waals surface area contributed by atoms with Crippen LogP contribution in [0.3, 0.4) is 0 Å². The second-order valence-electron chi connectivity index (χ2n) is 2.43. The Bertz CT molecular complexity index is 281. The Hall–Kier alpha value is -0.990. The van der Waals surface area contributed by atoms with Crippen LogP contribution in [0.4, 0.5) is 13.2 Å². The first-order chi connectivity index (χ1) is 5.66. The van der Waals surface area contributed by atoms with Gasteiger partial charge in [-0.25, -0.2) is 13.2 Å². The summed E-state index contributed by atoms with van der Waals surface area (Å²) < 4.78 is 38.1. The van der Waals surface area contributed by atoms with Crippen LogP contribution in [0.15, 0.2) is 12.1 Å². The van der Waals surface area contributed by atoms with Crippen molar-refractivity contribution in [2.24, 2.45) is 0 Å². The van der Waals surface area contributed by atoms with Crippen LogP contribution in [-0.2, 0) is 6.42 Å². The summed E-state index contributed by atoms with van der Waals surface area (Å²) in [5, 5.41) is 0. The summed E-state index contributed by atoms with van der Waals surface area (Å²) in [5.74, 6) is -2.80. The minimum atomic E-state index is -1.09. The zero-order chi connectivity index (χ0) is 9.14. The molecule has 0 amide bonds. The first-order valence-electron chi connectivity index (χ1n) is 3.57. The highest BCUT2D eigenvalue weighted by Gasteiger charge is 2.11. The molecule has 65 valence electrons. The van der Waals surface area contributed by atoms with Crippen molar-refractivity contribution in [2.45, 2.75) is 13.3 Å². The van der Waals surface area contributed by atoms with Gasteiger partial charge in [-0.3, -0.25) is 0 Å². The van der Waals surface area contributed by atoms with Gasteiger partial charge in [-0.15, -0.1) is 0 Å². The molecule has 0 aromatic heterocycles. The van der Waals surface area contributed by atoms with Crippen molar-refractivity contribution in [1.82, 2.24) is 0 Å². The molecule has 1 aromatic carbocycles. The van der Waals surface area contributed by atoms with E-state index in [1.807, 2.05) is 0 Å². The summed E-state index contributed by atoms with van der Waals surface area (Å²) >= 11 is 0. The topological polar surface area (TPSA) is 0 Å². The third kappa shape index (κ3) is 1.60. The molecule has 0 aliphatic heterocycles. The molecule has 0 nitrogen and oxygen atoms in total. The second-order valence-corrected chi connectivity index (χ2v) is 2.43. The van der Waals surface area contributed by atoms with Crippen LogP contribution >= 0.6 is 0 Å². The summed E-state index contributed by atoms with van der Waals surface area (Å²) in [4.78, 5) is 0. The molecule has 0 heterocycles. The Morgan fingerprint density at radius 3 is 2.33 bits per heavy atom. The number of hydrogen-bond acceptors (Lipinski definition) is 0. The van der Waals surface area contributed by atoms with Crippen LogP contribution in [0.5, 0.6) is 0 Å². The van der Waals surface area contributed by atoms with Gasteiger partial charge < -0.3 is 0 Å². The van der Waals surface area contributed by atoms with E-state index >= 15 is 0 Å². The van der Waals surface area contributed by atoms with Gasteiger partial charge >= 0.3 is 0 Å². The number of hydrogen-bond donors (Lipinski definition) is 0. The third-order valence-corrected chi connectivity index (χ3v) is 1.55. The Balaban J connectivity index is 3.14. The molecule has 1 rings (SSSR count). The molecule has 12 heavy (non-hydrogen) atoms. The summed E-state index contributed by atoms with van der Waals surface area (Å²) in [6.45, 7) is 1.66. The van der Waals surface area contributed by atoms with Crippen LogP contribution in [0, 0.1) is 23.9 Å². The molecule has 0 atom stereocenters. The Morgan fingerprint density at radius 2 is 1.75 bits per heavy atom. The van der Waals surface area contributed by atoms with Crippen molar-refractivity contribution in [3.63, 3.8) is 0 Å². The largest absolute Gasteiger partial charge is 0.207 e. The van der Waals surface area contributed by atoms with Gasteiger partial charge in [-0.05, 0) is 25.0 Å². The zero-order valence-corrected chi connectivity index (χ0v) is 6.57. The smallest absolute Gasteiger partial charge is 0.164 e. The Morgan fingerprint density at radius 1 is 1.17 bits per heavy atom. The molecule has 0 spiro atoms. The Labute approximate surface area is 69.0 Å². The predicted octanol–water partition coefficient (Wildman–Crippen LogP) is 2.87. The van der Waals surface area contributed by atoms with Gasteiger partial charge in [0, 0.05) is 5.56 Å². The fourth-order valence-corrected chi connectivity index (χ4v) is 0.960. The van der Waals surface area contributed by atoms with Gasteiger partial charge in [0.1, 0.15) is 5.82 Å². The van der Waals surface area contributed by atoms with Gasteiger partial charge in [0.25, 0.3) is 0 Å². The molecule has 0 bridgehead atoms. The molecule has 1 radical (unpaired) electrons. The highest BCUT2D eigenvalue weighted by Crippen LogP contribution is 2.16. The van der Waals surface area contributed by atoms with E-state index in [0.717, 1.165) is 12.1 Å². The standard InChI is InChI=1S/C9H8F3/c1-2-3-6-7(10)4-5-8(11)9(6)12/h2,4-5H,3H2,1H3. The molecular weight excluding hydrogens is 165 g/mol. The summed E-state index contributed by atoms with van der Waals surface area (Å²) in [6.07, 6.45) is 1.68. The minimum Gasteiger partial charge on any atom is -0.207 e. The van der Waals surface area contributed by atoms with E-state index in [9.17, 15) is 13.2 Å². The van der Waals surface area contributed by atoms with Crippen molar-refractivity contribution in [1.29, 1.82) is 0 Å². The van der Waals surface area contributed by atoms with Crippen molar-refractivity contribution in [3.8, 4) is 0 Å². The lowest BCUT2D eigenvalue weighted by Gasteiger charge is -2.02. The van der Waals surface area contributed by atoms with Gasteiger partial charge in [-0.1, -0.05) is 6.92 Å². The van der Waals surface area contributed by atoms with Gasteiger partial charge in [0.15, 0.2) is 11.6 Å². The maximum Gasteiger partial charge on any atom is 0.164 e. The van der Waals surface area contributed by atoms with Crippen molar-refractivity contribution < 1.29 is 13.2 Å². The van der Waals surface area contributed by atoms with Crippen molar-refractivity contribution in [2.75, 3.05) is 0 Å². The van der Waals surface area contributed by atoms with Crippen LogP contribution < -0.4 is 0 Å². The average molecular weight is 173 g/mol. The molecule has 0 saturated carbocycles. The van der Waals surface area contributed by atoms with E-state index in [-0.39, 0.29) is 12.0 Å². The lowest BCUT2D eigenvalue weighted by Crippen LogP contribution is -1.98. The number of benzene rings is 1. The molecule has 0 unspecified atom stereocenters. The zero-order valence-electron chi connectivity index (χ0n) is 6.57. The van der Waals surface area contributed by atoms with E-state index in [1.165, 1.54) is 0 Å². The van der Waals surface area contributed by atoms with E-state index in [2.05, 4.69) is 0 Å². The maximum atomic E-state index is 12.8. The highest BCUT2D eigenvalue weighted by molar-refractivity contribution is 5.22. The highest BCUT2D eigenvalue weighted by atomic mass is 19.2.